The molecule has 116 valence electrons. The molecule has 0 aliphatic carbocycles. The number of halogens is 1. The number of benzene rings is 2. The SMILES string of the molecule is CC1(C)O[C@H](CCc2ccccc2)[C@H](c2ccccc2Cl)O1. The van der Waals surface area contributed by atoms with Gasteiger partial charge in [0.1, 0.15) is 6.10 Å². The van der Waals surface area contributed by atoms with E-state index in [1.807, 2.05) is 44.2 Å². The summed E-state index contributed by atoms with van der Waals surface area (Å²) < 4.78 is 12.2. The fraction of sp³-hybridized carbons (Fsp3) is 0.368. The lowest BCUT2D eigenvalue weighted by Gasteiger charge is -2.18. The van der Waals surface area contributed by atoms with Crippen LogP contribution in [0.5, 0.6) is 0 Å². The van der Waals surface area contributed by atoms with Crippen LogP contribution in [-0.2, 0) is 15.9 Å². The van der Waals surface area contributed by atoms with Crippen molar-refractivity contribution in [3.05, 3.63) is 70.7 Å². The van der Waals surface area contributed by atoms with Gasteiger partial charge in [-0.3, -0.25) is 0 Å². The van der Waals surface area contributed by atoms with Crippen LogP contribution < -0.4 is 0 Å². The molecule has 1 saturated heterocycles. The molecule has 1 fully saturated rings. The van der Waals surface area contributed by atoms with E-state index in [0.29, 0.717) is 0 Å². The molecule has 3 heteroatoms. The third-order valence-corrected chi connectivity index (χ3v) is 4.30. The van der Waals surface area contributed by atoms with E-state index in [1.165, 1.54) is 5.56 Å². The molecule has 22 heavy (non-hydrogen) atoms. The second-order valence-electron chi connectivity index (χ2n) is 6.14. The Balaban J connectivity index is 1.77. The van der Waals surface area contributed by atoms with E-state index < -0.39 is 5.79 Å². The Bertz CT molecular complexity index is 624. The minimum Gasteiger partial charge on any atom is -0.344 e. The van der Waals surface area contributed by atoms with Gasteiger partial charge in [0, 0.05) is 10.6 Å². The van der Waals surface area contributed by atoms with Crippen LogP contribution >= 0.6 is 11.6 Å². The third-order valence-electron chi connectivity index (χ3n) is 3.96. The van der Waals surface area contributed by atoms with Gasteiger partial charge in [0.05, 0.1) is 6.10 Å². The number of hydrogen-bond acceptors (Lipinski definition) is 2. The number of hydrogen-bond donors (Lipinski definition) is 0. The van der Waals surface area contributed by atoms with Crippen molar-refractivity contribution in [1.29, 1.82) is 0 Å². The van der Waals surface area contributed by atoms with Crippen LogP contribution in [0.3, 0.4) is 0 Å². The first-order chi connectivity index (χ1) is 10.6. The lowest BCUT2D eigenvalue weighted by Crippen LogP contribution is -2.21. The van der Waals surface area contributed by atoms with Gasteiger partial charge in [0.2, 0.25) is 0 Å². The molecule has 2 aromatic carbocycles. The fourth-order valence-corrected chi connectivity index (χ4v) is 3.21. The van der Waals surface area contributed by atoms with E-state index in [1.54, 1.807) is 0 Å². The molecule has 0 saturated carbocycles. The molecule has 0 bridgehead atoms. The average molecular weight is 317 g/mol. The van der Waals surface area contributed by atoms with E-state index in [4.69, 9.17) is 21.1 Å². The van der Waals surface area contributed by atoms with Gasteiger partial charge >= 0.3 is 0 Å². The number of rotatable bonds is 4. The van der Waals surface area contributed by atoms with Crippen molar-refractivity contribution in [3.8, 4) is 0 Å². The molecule has 1 aliphatic heterocycles. The highest BCUT2D eigenvalue weighted by Crippen LogP contribution is 2.42. The topological polar surface area (TPSA) is 18.5 Å². The van der Waals surface area contributed by atoms with Crippen molar-refractivity contribution in [2.75, 3.05) is 0 Å². The highest BCUT2D eigenvalue weighted by Gasteiger charge is 2.42. The number of aryl methyl sites for hydroxylation is 1. The molecule has 0 unspecified atom stereocenters. The molecule has 1 heterocycles. The van der Waals surface area contributed by atoms with Crippen LogP contribution in [0.4, 0.5) is 0 Å². The second-order valence-corrected chi connectivity index (χ2v) is 6.55. The van der Waals surface area contributed by atoms with Crippen LogP contribution in [0.15, 0.2) is 54.6 Å². The first-order valence-electron chi connectivity index (χ1n) is 7.69. The first kappa shape index (κ1) is 15.5. The summed E-state index contributed by atoms with van der Waals surface area (Å²) in [5, 5.41) is 0.735. The van der Waals surface area contributed by atoms with E-state index >= 15 is 0 Å². The zero-order chi connectivity index (χ0) is 15.6. The van der Waals surface area contributed by atoms with E-state index in [9.17, 15) is 0 Å². The fourth-order valence-electron chi connectivity index (χ4n) is 2.97. The van der Waals surface area contributed by atoms with E-state index in [-0.39, 0.29) is 12.2 Å². The zero-order valence-electron chi connectivity index (χ0n) is 13.0. The molecule has 2 nitrogen and oxygen atoms in total. The second kappa shape index (κ2) is 6.41. The smallest absolute Gasteiger partial charge is 0.164 e. The van der Waals surface area contributed by atoms with Crippen molar-refractivity contribution in [1.82, 2.24) is 0 Å². The summed E-state index contributed by atoms with van der Waals surface area (Å²) in [4.78, 5) is 0. The summed E-state index contributed by atoms with van der Waals surface area (Å²) in [5.74, 6) is -0.578. The third kappa shape index (κ3) is 3.52. The lowest BCUT2D eigenvalue weighted by atomic mass is 9.98. The minimum absolute atomic E-state index is 0.00936. The van der Waals surface area contributed by atoms with Crippen LogP contribution in [0.25, 0.3) is 0 Å². The Labute approximate surface area is 137 Å². The van der Waals surface area contributed by atoms with E-state index in [0.717, 1.165) is 23.4 Å². The van der Waals surface area contributed by atoms with Gasteiger partial charge in [0.25, 0.3) is 0 Å². The summed E-state index contributed by atoms with van der Waals surface area (Å²) in [6, 6.07) is 18.3. The predicted octanol–water partition coefficient (Wildman–Crippen LogP) is 5.17. The normalized spacial score (nSPS) is 23.6. The van der Waals surface area contributed by atoms with Crippen LogP contribution in [0.1, 0.15) is 37.5 Å². The number of ether oxygens (including phenoxy) is 2. The Morgan fingerprint density at radius 2 is 1.64 bits per heavy atom. The van der Waals surface area contributed by atoms with Crippen molar-refractivity contribution in [3.63, 3.8) is 0 Å². The molecule has 1 aliphatic rings. The summed E-state index contributed by atoms with van der Waals surface area (Å²) in [5.41, 5.74) is 2.32. The van der Waals surface area contributed by atoms with Crippen molar-refractivity contribution in [2.45, 2.75) is 44.7 Å². The standard InChI is InChI=1S/C19H21ClO2/c1-19(2)21-17(13-12-14-8-4-3-5-9-14)18(22-19)15-10-6-7-11-16(15)20/h3-11,17-18H,12-13H2,1-2H3/t17-,18+/m1/s1. The maximum absolute atomic E-state index is 6.34. The summed E-state index contributed by atoms with van der Waals surface area (Å²) in [6.07, 6.45) is 1.76. The molecule has 2 atom stereocenters. The van der Waals surface area contributed by atoms with Crippen molar-refractivity contribution in [2.24, 2.45) is 0 Å². The monoisotopic (exact) mass is 316 g/mol. The molecular weight excluding hydrogens is 296 g/mol. The molecule has 0 amide bonds. The van der Waals surface area contributed by atoms with Crippen LogP contribution in [-0.4, -0.2) is 11.9 Å². The van der Waals surface area contributed by atoms with Crippen molar-refractivity contribution < 1.29 is 9.47 Å². The van der Waals surface area contributed by atoms with Gasteiger partial charge in [-0.15, -0.1) is 0 Å². The Hall–Kier alpha value is -1.35. The van der Waals surface area contributed by atoms with E-state index in [2.05, 4.69) is 24.3 Å². The highest BCUT2D eigenvalue weighted by molar-refractivity contribution is 6.31. The Kier molecular flexibility index (Phi) is 4.53. The Morgan fingerprint density at radius 3 is 2.36 bits per heavy atom. The maximum atomic E-state index is 6.34. The van der Waals surface area contributed by atoms with Gasteiger partial charge in [-0.25, -0.2) is 0 Å². The van der Waals surface area contributed by atoms with Gasteiger partial charge in [-0.05, 0) is 38.3 Å². The average Bonchev–Trinajstić information content (AvgIpc) is 2.81. The molecule has 0 radical (unpaired) electrons. The largest absolute Gasteiger partial charge is 0.344 e. The maximum Gasteiger partial charge on any atom is 0.164 e. The summed E-state index contributed by atoms with van der Waals surface area (Å²) >= 11 is 6.34. The molecule has 0 aromatic heterocycles. The summed E-state index contributed by atoms with van der Waals surface area (Å²) in [6.45, 7) is 3.92. The quantitative estimate of drug-likeness (QED) is 0.775. The van der Waals surface area contributed by atoms with Crippen LogP contribution in [0, 0.1) is 0 Å². The van der Waals surface area contributed by atoms with Gasteiger partial charge < -0.3 is 9.47 Å². The first-order valence-corrected chi connectivity index (χ1v) is 8.07. The Morgan fingerprint density at radius 1 is 0.955 bits per heavy atom. The molecule has 0 N–H and O–H groups in total. The molecular formula is C19H21ClO2. The predicted molar refractivity (Wildman–Crippen MR) is 89.0 cm³/mol. The highest BCUT2D eigenvalue weighted by atomic mass is 35.5. The van der Waals surface area contributed by atoms with Gasteiger partial charge in [0.15, 0.2) is 5.79 Å². The van der Waals surface area contributed by atoms with Crippen molar-refractivity contribution >= 4 is 11.6 Å². The minimum atomic E-state index is -0.578. The molecule has 2 aromatic rings. The van der Waals surface area contributed by atoms with Gasteiger partial charge in [-0.2, -0.15) is 0 Å². The zero-order valence-corrected chi connectivity index (χ0v) is 13.7. The molecule has 0 spiro atoms. The molecule has 3 rings (SSSR count). The van der Waals surface area contributed by atoms with Crippen LogP contribution in [0.2, 0.25) is 5.02 Å². The summed E-state index contributed by atoms with van der Waals surface area (Å²) in [7, 11) is 0. The van der Waals surface area contributed by atoms with Gasteiger partial charge in [-0.1, -0.05) is 60.1 Å². The lowest BCUT2D eigenvalue weighted by molar-refractivity contribution is -0.147.